The zero-order valence-electron chi connectivity index (χ0n) is 10.7. The number of hydrogen-bond donors (Lipinski definition) is 1. The molecule has 3 nitrogen and oxygen atoms in total. The molecule has 94 valence electrons. The molecule has 0 aromatic heterocycles. The number of hydrogen-bond acceptors (Lipinski definition) is 2. The average Bonchev–Trinajstić information content (AvgIpc) is 2.66. The fourth-order valence-electron chi connectivity index (χ4n) is 2.60. The molecule has 0 aliphatic carbocycles. The molecule has 2 unspecified atom stereocenters. The Morgan fingerprint density at radius 1 is 1.50 bits per heavy atom. The molecule has 0 spiro atoms. The SMILES string of the molecule is CCCCCC(C)CN1CCCC1C(N)=O. The molecule has 1 amide bonds. The van der Waals surface area contributed by atoms with Gasteiger partial charge in [0, 0.05) is 6.54 Å². The largest absolute Gasteiger partial charge is 0.368 e. The third kappa shape index (κ3) is 4.12. The first-order chi connectivity index (χ1) is 7.65. The number of likely N-dealkylation sites (tertiary alicyclic amines) is 1. The molecule has 2 N–H and O–H groups in total. The lowest BCUT2D eigenvalue weighted by Gasteiger charge is -2.25. The molecule has 1 aliphatic rings. The Morgan fingerprint density at radius 3 is 2.88 bits per heavy atom. The molecular weight excluding hydrogens is 200 g/mol. The predicted molar refractivity (Wildman–Crippen MR) is 67.1 cm³/mol. The molecule has 0 saturated carbocycles. The van der Waals surface area contributed by atoms with Crippen molar-refractivity contribution >= 4 is 5.91 Å². The van der Waals surface area contributed by atoms with Crippen LogP contribution in [0, 0.1) is 5.92 Å². The Kier molecular flexibility index (Phi) is 5.81. The lowest BCUT2D eigenvalue weighted by Crippen LogP contribution is -2.42. The molecule has 0 aromatic rings. The molecule has 1 fully saturated rings. The van der Waals surface area contributed by atoms with Crippen LogP contribution in [0.1, 0.15) is 52.4 Å². The highest BCUT2D eigenvalue weighted by Crippen LogP contribution is 2.20. The minimum Gasteiger partial charge on any atom is -0.368 e. The van der Waals surface area contributed by atoms with E-state index >= 15 is 0 Å². The molecule has 0 aromatic carbocycles. The van der Waals surface area contributed by atoms with E-state index in [4.69, 9.17) is 5.73 Å². The molecule has 3 heteroatoms. The van der Waals surface area contributed by atoms with Gasteiger partial charge in [-0.05, 0) is 31.7 Å². The van der Waals surface area contributed by atoms with Gasteiger partial charge in [-0.25, -0.2) is 0 Å². The fraction of sp³-hybridized carbons (Fsp3) is 0.923. The number of carbonyl (C=O) groups excluding carboxylic acids is 1. The van der Waals surface area contributed by atoms with Gasteiger partial charge in [-0.15, -0.1) is 0 Å². The molecular formula is C13H26N2O. The number of unbranched alkanes of at least 4 members (excludes halogenated alkanes) is 2. The van der Waals surface area contributed by atoms with Crippen LogP contribution in [0.25, 0.3) is 0 Å². The van der Waals surface area contributed by atoms with Crippen molar-refractivity contribution in [3.63, 3.8) is 0 Å². The van der Waals surface area contributed by atoms with Crippen LogP contribution < -0.4 is 5.73 Å². The minimum absolute atomic E-state index is 0.00799. The van der Waals surface area contributed by atoms with Crippen molar-refractivity contribution in [3.8, 4) is 0 Å². The molecule has 1 rings (SSSR count). The van der Waals surface area contributed by atoms with Crippen LogP contribution in [0.2, 0.25) is 0 Å². The topological polar surface area (TPSA) is 46.3 Å². The molecule has 1 aliphatic heterocycles. The molecule has 16 heavy (non-hydrogen) atoms. The van der Waals surface area contributed by atoms with E-state index in [1.165, 1.54) is 25.7 Å². The van der Waals surface area contributed by atoms with E-state index < -0.39 is 0 Å². The van der Waals surface area contributed by atoms with Crippen molar-refractivity contribution in [1.29, 1.82) is 0 Å². The zero-order valence-corrected chi connectivity index (χ0v) is 10.7. The molecule has 1 saturated heterocycles. The summed E-state index contributed by atoms with van der Waals surface area (Å²) in [5.41, 5.74) is 5.40. The second kappa shape index (κ2) is 6.89. The second-order valence-corrected chi connectivity index (χ2v) is 5.16. The summed E-state index contributed by atoms with van der Waals surface area (Å²) in [7, 11) is 0. The predicted octanol–water partition coefficient (Wildman–Crippen LogP) is 2.15. The van der Waals surface area contributed by atoms with Crippen molar-refractivity contribution in [2.24, 2.45) is 11.7 Å². The number of primary amides is 1. The summed E-state index contributed by atoms with van der Waals surface area (Å²) in [6.45, 7) is 6.60. The van der Waals surface area contributed by atoms with Crippen molar-refractivity contribution in [3.05, 3.63) is 0 Å². The van der Waals surface area contributed by atoms with Gasteiger partial charge < -0.3 is 5.73 Å². The van der Waals surface area contributed by atoms with E-state index in [0.717, 1.165) is 25.9 Å². The summed E-state index contributed by atoms with van der Waals surface area (Å²) in [4.78, 5) is 13.5. The molecule has 0 radical (unpaired) electrons. The van der Waals surface area contributed by atoms with Crippen molar-refractivity contribution in [2.45, 2.75) is 58.4 Å². The maximum atomic E-state index is 11.2. The molecule has 2 atom stereocenters. The van der Waals surface area contributed by atoms with Crippen LogP contribution in [0.4, 0.5) is 0 Å². The summed E-state index contributed by atoms with van der Waals surface area (Å²) in [6.07, 6.45) is 7.26. The van der Waals surface area contributed by atoms with Crippen molar-refractivity contribution in [1.82, 2.24) is 4.90 Å². The highest BCUT2D eigenvalue weighted by Gasteiger charge is 2.29. The van der Waals surface area contributed by atoms with Crippen LogP contribution in [-0.4, -0.2) is 29.9 Å². The molecule has 0 bridgehead atoms. The van der Waals surface area contributed by atoms with E-state index in [2.05, 4.69) is 18.7 Å². The minimum atomic E-state index is -0.141. The summed E-state index contributed by atoms with van der Waals surface area (Å²) in [5.74, 6) is 0.546. The van der Waals surface area contributed by atoms with Gasteiger partial charge in [0.1, 0.15) is 0 Å². The van der Waals surface area contributed by atoms with Gasteiger partial charge in [0.05, 0.1) is 6.04 Å². The van der Waals surface area contributed by atoms with Gasteiger partial charge >= 0.3 is 0 Å². The first-order valence-electron chi connectivity index (χ1n) is 6.68. The number of rotatable bonds is 7. The number of carbonyl (C=O) groups is 1. The standard InChI is InChI=1S/C13H26N2O/c1-3-4-5-7-11(2)10-15-9-6-8-12(15)13(14)16/h11-12H,3-10H2,1-2H3,(H2,14,16). The lowest BCUT2D eigenvalue weighted by molar-refractivity contribution is -0.122. The van der Waals surface area contributed by atoms with Gasteiger partial charge in [-0.1, -0.05) is 33.1 Å². The van der Waals surface area contributed by atoms with Gasteiger partial charge in [0.15, 0.2) is 0 Å². The van der Waals surface area contributed by atoms with Crippen LogP contribution in [-0.2, 0) is 4.79 Å². The Morgan fingerprint density at radius 2 is 2.25 bits per heavy atom. The summed E-state index contributed by atoms with van der Waals surface area (Å²) in [5, 5.41) is 0. The van der Waals surface area contributed by atoms with E-state index in [-0.39, 0.29) is 11.9 Å². The maximum Gasteiger partial charge on any atom is 0.234 e. The van der Waals surface area contributed by atoms with Crippen LogP contribution >= 0.6 is 0 Å². The highest BCUT2D eigenvalue weighted by molar-refractivity contribution is 5.80. The Balaban J connectivity index is 2.26. The van der Waals surface area contributed by atoms with Gasteiger partial charge in [0.25, 0.3) is 0 Å². The Hall–Kier alpha value is -0.570. The van der Waals surface area contributed by atoms with E-state index in [1.807, 2.05) is 0 Å². The normalized spacial score (nSPS) is 23.5. The smallest absolute Gasteiger partial charge is 0.234 e. The quantitative estimate of drug-likeness (QED) is 0.676. The summed E-state index contributed by atoms with van der Waals surface area (Å²) < 4.78 is 0. The van der Waals surface area contributed by atoms with Crippen LogP contribution in [0.5, 0.6) is 0 Å². The summed E-state index contributed by atoms with van der Waals surface area (Å²) >= 11 is 0. The average molecular weight is 226 g/mol. The monoisotopic (exact) mass is 226 g/mol. The van der Waals surface area contributed by atoms with Gasteiger partial charge in [-0.3, -0.25) is 9.69 Å². The molecule has 1 heterocycles. The first-order valence-corrected chi connectivity index (χ1v) is 6.68. The van der Waals surface area contributed by atoms with Crippen LogP contribution in [0.3, 0.4) is 0 Å². The highest BCUT2D eigenvalue weighted by atomic mass is 16.1. The third-order valence-electron chi connectivity index (χ3n) is 3.54. The number of amides is 1. The third-order valence-corrected chi connectivity index (χ3v) is 3.54. The van der Waals surface area contributed by atoms with Crippen LogP contribution in [0.15, 0.2) is 0 Å². The van der Waals surface area contributed by atoms with E-state index in [1.54, 1.807) is 0 Å². The zero-order chi connectivity index (χ0) is 12.0. The van der Waals surface area contributed by atoms with Crippen molar-refractivity contribution < 1.29 is 4.79 Å². The van der Waals surface area contributed by atoms with Gasteiger partial charge in [-0.2, -0.15) is 0 Å². The number of nitrogens with two attached hydrogens (primary N) is 1. The number of nitrogens with zero attached hydrogens (tertiary/aromatic N) is 1. The van der Waals surface area contributed by atoms with E-state index in [0.29, 0.717) is 5.92 Å². The fourth-order valence-corrected chi connectivity index (χ4v) is 2.60. The second-order valence-electron chi connectivity index (χ2n) is 5.16. The summed E-state index contributed by atoms with van der Waals surface area (Å²) in [6, 6.07) is 0.00799. The maximum absolute atomic E-state index is 11.2. The lowest BCUT2D eigenvalue weighted by atomic mass is 10.0. The first kappa shape index (κ1) is 13.5. The van der Waals surface area contributed by atoms with Crippen molar-refractivity contribution in [2.75, 3.05) is 13.1 Å². The Bertz CT molecular complexity index is 218. The Labute approximate surface area is 99.4 Å². The van der Waals surface area contributed by atoms with Gasteiger partial charge in [0.2, 0.25) is 5.91 Å². The van der Waals surface area contributed by atoms with E-state index in [9.17, 15) is 4.79 Å².